The number of ether oxygens (including phenoxy) is 2. The van der Waals surface area contributed by atoms with Crippen LogP contribution in [0.25, 0.3) is 0 Å². The number of nitrogens with one attached hydrogen (secondary N) is 1. The van der Waals surface area contributed by atoms with Crippen molar-refractivity contribution >= 4 is 11.9 Å². The third-order valence-corrected chi connectivity index (χ3v) is 3.44. The minimum atomic E-state index is -4.57. The topological polar surface area (TPSA) is 77.5 Å². The van der Waals surface area contributed by atoms with Crippen LogP contribution in [0.4, 0.5) is 13.2 Å². The van der Waals surface area contributed by atoms with E-state index in [1.54, 1.807) is 12.1 Å². The van der Waals surface area contributed by atoms with Crippen molar-refractivity contribution in [2.45, 2.75) is 12.7 Å². The van der Waals surface area contributed by atoms with E-state index in [0.717, 1.165) is 18.3 Å². The molecule has 0 unspecified atom stereocenters. The molecule has 2 rings (SSSR count). The highest BCUT2D eigenvalue weighted by Gasteiger charge is 2.32. The van der Waals surface area contributed by atoms with Gasteiger partial charge in [0, 0.05) is 12.7 Å². The molecule has 0 fully saturated rings. The van der Waals surface area contributed by atoms with E-state index < -0.39 is 23.7 Å². The predicted molar refractivity (Wildman–Crippen MR) is 84.7 cm³/mol. The summed E-state index contributed by atoms with van der Waals surface area (Å²) in [7, 11) is 2.63. The SMILES string of the molecule is COC(=O)c1cc(CNC(=O)c2ccc(C(F)(F)F)nc2)ccc1OC. The number of hydrogen-bond acceptors (Lipinski definition) is 5. The number of nitrogens with zero attached hydrogens (tertiary/aromatic N) is 1. The molecule has 1 aromatic heterocycles. The van der Waals surface area contributed by atoms with Crippen LogP contribution < -0.4 is 10.1 Å². The van der Waals surface area contributed by atoms with Crippen molar-refractivity contribution in [2.24, 2.45) is 0 Å². The summed E-state index contributed by atoms with van der Waals surface area (Å²) in [4.78, 5) is 27.0. The Labute approximate surface area is 146 Å². The van der Waals surface area contributed by atoms with E-state index in [2.05, 4.69) is 15.0 Å². The molecule has 0 radical (unpaired) electrons. The van der Waals surface area contributed by atoms with Gasteiger partial charge in [0.05, 0.1) is 19.8 Å². The second-order valence-corrected chi connectivity index (χ2v) is 5.14. The molecule has 26 heavy (non-hydrogen) atoms. The first-order chi connectivity index (χ1) is 12.3. The van der Waals surface area contributed by atoms with E-state index in [0.29, 0.717) is 11.3 Å². The largest absolute Gasteiger partial charge is 0.496 e. The van der Waals surface area contributed by atoms with E-state index in [9.17, 15) is 22.8 Å². The Balaban J connectivity index is 2.08. The summed E-state index contributed by atoms with van der Waals surface area (Å²) in [5.41, 5.74) is -0.316. The number of alkyl halides is 3. The summed E-state index contributed by atoms with van der Waals surface area (Å²) in [5, 5.41) is 2.54. The molecule has 0 atom stereocenters. The summed E-state index contributed by atoms with van der Waals surface area (Å²) in [6.07, 6.45) is -3.71. The Bertz CT molecular complexity index is 805. The smallest absolute Gasteiger partial charge is 0.433 e. The predicted octanol–water partition coefficient (Wildman–Crippen LogP) is 2.83. The fourth-order valence-electron chi connectivity index (χ4n) is 2.11. The Kier molecular flexibility index (Phi) is 5.81. The van der Waals surface area contributed by atoms with Crippen LogP contribution in [0.5, 0.6) is 5.75 Å². The van der Waals surface area contributed by atoms with Crippen molar-refractivity contribution in [3.05, 3.63) is 58.9 Å². The number of rotatable bonds is 5. The van der Waals surface area contributed by atoms with Gasteiger partial charge < -0.3 is 14.8 Å². The summed E-state index contributed by atoms with van der Waals surface area (Å²) in [6.45, 7) is 0.0494. The number of hydrogen-bond donors (Lipinski definition) is 1. The van der Waals surface area contributed by atoms with Crippen LogP contribution in [0, 0.1) is 0 Å². The van der Waals surface area contributed by atoms with Gasteiger partial charge in [-0.1, -0.05) is 6.07 Å². The standard InChI is InChI=1S/C17H15F3N2O4/c1-25-13-5-3-10(7-12(13)16(24)26-2)8-22-15(23)11-4-6-14(21-9-11)17(18,19)20/h3-7,9H,8H2,1-2H3,(H,22,23). The zero-order valence-electron chi connectivity index (χ0n) is 13.9. The minimum absolute atomic E-state index is 0.0142. The molecule has 0 saturated heterocycles. The maximum absolute atomic E-state index is 12.5. The molecule has 6 nitrogen and oxygen atoms in total. The fraction of sp³-hybridized carbons (Fsp3) is 0.235. The average molecular weight is 368 g/mol. The van der Waals surface area contributed by atoms with E-state index in [1.807, 2.05) is 0 Å². The number of benzene rings is 1. The second-order valence-electron chi connectivity index (χ2n) is 5.14. The van der Waals surface area contributed by atoms with Crippen molar-refractivity contribution < 1.29 is 32.2 Å². The van der Waals surface area contributed by atoms with Crippen molar-refractivity contribution in [3.63, 3.8) is 0 Å². The Hall–Kier alpha value is -3.10. The number of carbonyl (C=O) groups excluding carboxylic acids is 2. The van der Waals surface area contributed by atoms with Crippen molar-refractivity contribution in [1.29, 1.82) is 0 Å². The third-order valence-electron chi connectivity index (χ3n) is 3.44. The molecular weight excluding hydrogens is 353 g/mol. The van der Waals surface area contributed by atoms with Crippen molar-refractivity contribution in [2.75, 3.05) is 14.2 Å². The Morgan fingerprint density at radius 3 is 2.42 bits per heavy atom. The lowest BCUT2D eigenvalue weighted by molar-refractivity contribution is -0.141. The van der Waals surface area contributed by atoms with Gasteiger partial charge in [-0.05, 0) is 29.8 Å². The van der Waals surface area contributed by atoms with Crippen LogP contribution in [0.3, 0.4) is 0 Å². The zero-order valence-corrected chi connectivity index (χ0v) is 13.9. The summed E-state index contributed by atoms with van der Waals surface area (Å²) < 4.78 is 47.1. The first-order valence-electron chi connectivity index (χ1n) is 7.33. The van der Waals surface area contributed by atoms with Crippen LogP contribution in [0.15, 0.2) is 36.5 Å². The highest BCUT2D eigenvalue weighted by Crippen LogP contribution is 2.27. The van der Waals surface area contributed by atoms with Gasteiger partial charge in [0.1, 0.15) is 17.0 Å². The summed E-state index contributed by atoms with van der Waals surface area (Å²) in [6, 6.07) is 6.45. The minimum Gasteiger partial charge on any atom is -0.496 e. The van der Waals surface area contributed by atoms with E-state index in [4.69, 9.17) is 4.74 Å². The molecule has 1 heterocycles. The first-order valence-corrected chi connectivity index (χ1v) is 7.33. The normalized spacial score (nSPS) is 11.0. The number of amides is 1. The second kappa shape index (κ2) is 7.85. The Morgan fingerprint density at radius 2 is 1.88 bits per heavy atom. The third kappa shape index (κ3) is 4.50. The number of pyridine rings is 1. The number of halogens is 3. The summed E-state index contributed by atoms with van der Waals surface area (Å²) in [5.74, 6) is -0.873. The zero-order chi connectivity index (χ0) is 19.3. The van der Waals surface area contributed by atoms with Gasteiger partial charge in [-0.2, -0.15) is 13.2 Å². The van der Waals surface area contributed by atoms with Crippen molar-refractivity contribution in [3.8, 4) is 5.75 Å². The van der Waals surface area contributed by atoms with Crippen LogP contribution in [-0.4, -0.2) is 31.1 Å². The highest BCUT2D eigenvalue weighted by molar-refractivity contribution is 5.94. The molecule has 0 aliphatic heterocycles. The van der Waals surface area contributed by atoms with Gasteiger partial charge in [0.25, 0.3) is 5.91 Å². The molecular formula is C17H15F3N2O4. The molecule has 9 heteroatoms. The lowest BCUT2D eigenvalue weighted by Crippen LogP contribution is -2.23. The number of esters is 1. The van der Waals surface area contributed by atoms with Crippen LogP contribution in [0.2, 0.25) is 0 Å². The molecule has 2 aromatic rings. The van der Waals surface area contributed by atoms with Gasteiger partial charge in [-0.15, -0.1) is 0 Å². The number of aromatic nitrogens is 1. The van der Waals surface area contributed by atoms with Gasteiger partial charge in [0.2, 0.25) is 0 Å². The Morgan fingerprint density at radius 1 is 1.15 bits per heavy atom. The molecule has 0 spiro atoms. The molecule has 0 saturated carbocycles. The lowest BCUT2D eigenvalue weighted by atomic mass is 10.1. The highest BCUT2D eigenvalue weighted by atomic mass is 19.4. The first kappa shape index (κ1) is 19.2. The van der Waals surface area contributed by atoms with E-state index >= 15 is 0 Å². The van der Waals surface area contributed by atoms with E-state index in [1.165, 1.54) is 20.3 Å². The van der Waals surface area contributed by atoms with Crippen LogP contribution >= 0.6 is 0 Å². The van der Waals surface area contributed by atoms with E-state index in [-0.39, 0.29) is 17.7 Å². The van der Waals surface area contributed by atoms with Crippen molar-refractivity contribution in [1.82, 2.24) is 10.3 Å². The summed E-state index contributed by atoms with van der Waals surface area (Å²) >= 11 is 0. The maximum atomic E-state index is 12.5. The monoisotopic (exact) mass is 368 g/mol. The maximum Gasteiger partial charge on any atom is 0.433 e. The van der Waals surface area contributed by atoms with Gasteiger partial charge in [-0.3, -0.25) is 9.78 Å². The number of methoxy groups -OCH3 is 2. The molecule has 138 valence electrons. The molecule has 0 aliphatic rings. The quantitative estimate of drug-likeness (QED) is 0.822. The van der Waals surface area contributed by atoms with Gasteiger partial charge in [-0.25, -0.2) is 4.79 Å². The van der Waals surface area contributed by atoms with Crippen LogP contribution in [0.1, 0.15) is 32.0 Å². The van der Waals surface area contributed by atoms with Gasteiger partial charge in [0.15, 0.2) is 0 Å². The fourth-order valence-corrected chi connectivity index (χ4v) is 2.11. The molecule has 0 aliphatic carbocycles. The number of carbonyl (C=O) groups is 2. The molecule has 1 N–H and O–H groups in total. The molecule has 1 amide bonds. The van der Waals surface area contributed by atoms with Gasteiger partial charge >= 0.3 is 12.1 Å². The van der Waals surface area contributed by atoms with Crippen LogP contribution in [-0.2, 0) is 17.5 Å². The lowest BCUT2D eigenvalue weighted by Gasteiger charge is -2.10. The molecule has 0 bridgehead atoms. The molecule has 1 aromatic carbocycles. The average Bonchev–Trinajstić information content (AvgIpc) is 2.64.